The molecule has 3 heterocycles. The van der Waals surface area contributed by atoms with Crippen LogP contribution in [0.5, 0.6) is 5.75 Å². The number of rotatable bonds is 2. The Labute approximate surface area is 157 Å². The lowest BCUT2D eigenvalue weighted by Gasteiger charge is -2.12. The fourth-order valence-electron chi connectivity index (χ4n) is 3.37. The molecule has 0 spiro atoms. The number of phenolic OH excluding ortho intramolecular Hbond substituents is 1. The van der Waals surface area contributed by atoms with Gasteiger partial charge in [-0.25, -0.2) is 18.4 Å². The molecular formula is C17H15F3N4O3S. The Balaban J connectivity index is 1.75. The monoisotopic (exact) mass is 412 g/mol. The maximum absolute atomic E-state index is 12.9. The highest BCUT2D eigenvalue weighted by Gasteiger charge is 2.32. The standard InChI is InChI=1S/C17H15F3N4O3S/c1-9-4-10(17(18,19)20)5-14(25)15(9)12-6-21-13-7-24(23-16(13)22-12)11-2-3-28(26,27)8-11/h4-7,11,25H,2-3,8H2,1H3/t11-/m0/s1. The van der Waals surface area contributed by atoms with E-state index in [1.165, 1.54) is 17.8 Å². The molecule has 0 unspecified atom stereocenters. The Morgan fingerprint density at radius 2 is 2.04 bits per heavy atom. The van der Waals surface area contributed by atoms with Crippen molar-refractivity contribution >= 4 is 21.0 Å². The number of sulfone groups is 1. The van der Waals surface area contributed by atoms with Crippen molar-refractivity contribution in [3.05, 3.63) is 35.7 Å². The van der Waals surface area contributed by atoms with Crippen molar-refractivity contribution in [3.63, 3.8) is 0 Å². The quantitative estimate of drug-likeness (QED) is 0.695. The van der Waals surface area contributed by atoms with Gasteiger partial charge in [0.25, 0.3) is 0 Å². The molecule has 0 amide bonds. The van der Waals surface area contributed by atoms with Gasteiger partial charge in [-0.05, 0) is 31.0 Å². The Kier molecular flexibility index (Phi) is 4.11. The smallest absolute Gasteiger partial charge is 0.416 e. The third-order valence-electron chi connectivity index (χ3n) is 4.73. The minimum Gasteiger partial charge on any atom is -0.507 e. The fourth-order valence-corrected chi connectivity index (χ4v) is 5.08. The van der Waals surface area contributed by atoms with Crippen molar-refractivity contribution in [2.24, 2.45) is 0 Å². The van der Waals surface area contributed by atoms with Gasteiger partial charge in [0.2, 0.25) is 0 Å². The summed E-state index contributed by atoms with van der Waals surface area (Å²) in [6.45, 7) is 1.44. The lowest BCUT2D eigenvalue weighted by atomic mass is 10.0. The van der Waals surface area contributed by atoms with E-state index in [-0.39, 0.29) is 40.0 Å². The first kappa shape index (κ1) is 18.7. The highest BCUT2D eigenvalue weighted by molar-refractivity contribution is 7.91. The van der Waals surface area contributed by atoms with Crippen LogP contribution in [0.4, 0.5) is 13.2 Å². The molecule has 0 radical (unpaired) electrons. The molecule has 1 atom stereocenters. The number of halogens is 3. The largest absolute Gasteiger partial charge is 0.507 e. The molecule has 3 aromatic rings. The Morgan fingerprint density at radius 3 is 2.64 bits per heavy atom. The second kappa shape index (κ2) is 6.16. The highest BCUT2D eigenvalue weighted by Crippen LogP contribution is 2.38. The molecule has 0 aliphatic carbocycles. The number of hydrogen-bond acceptors (Lipinski definition) is 6. The lowest BCUT2D eigenvalue weighted by molar-refractivity contribution is -0.137. The van der Waals surface area contributed by atoms with Crippen molar-refractivity contribution in [1.29, 1.82) is 0 Å². The summed E-state index contributed by atoms with van der Waals surface area (Å²) in [7, 11) is -3.09. The fraction of sp³-hybridized carbons (Fsp3) is 0.353. The lowest BCUT2D eigenvalue weighted by Crippen LogP contribution is -2.11. The number of aryl methyl sites for hydroxylation is 1. The van der Waals surface area contributed by atoms with Crippen LogP contribution in [0.2, 0.25) is 0 Å². The van der Waals surface area contributed by atoms with E-state index in [0.717, 1.165) is 6.07 Å². The van der Waals surface area contributed by atoms with E-state index >= 15 is 0 Å². The second-order valence-electron chi connectivity index (χ2n) is 6.82. The van der Waals surface area contributed by atoms with E-state index in [1.807, 2.05) is 0 Å². The summed E-state index contributed by atoms with van der Waals surface area (Å²) < 4.78 is 63.5. The minimum atomic E-state index is -4.57. The molecule has 4 rings (SSSR count). The van der Waals surface area contributed by atoms with Crippen LogP contribution in [0.3, 0.4) is 0 Å². The van der Waals surface area contributed by atoms with Crippen LogP contribution in [0, 0.1) is 6.92 Å². The third-order valence-corrected chi connectivity index (χ3v) is 6.48. The molecule has 7 nitrogen and oxygen atoms in total. The number of aromatic hydroxyl groups is 1. The van der Waals surface area contributed by atoms with Gasteiger partial charge >= 0.3 is 6.18 Å². The SMILES string of the molecule is Cc1cc(C(F)(F)F)cc(O)c1-c1cnc2cn([C@H]3CCS(=O)(=O)C3)nc2n1. The van der Waals surface area contributed by atoms with Crippen molar-refractivity contribution in [2.75, 3.05) is 11.5 Å². The second-order valence-corrected chi connectivity index (χ2v) is 9.04. The number of benzene rings is 1. The summed E-state index contributed by atoms with van der Waals surface area (Å²) in [6.07, 6.45) is -1.19. The number of phenols is 1. The van der Waals surface area contributed by atoms with Gasteiger partial charge in [-0.3, -0.25) is 4.68 Å². The van der Waals surface area contributed by atoms with E-state index < -0.39 is 27.3 Å². The van der Waals surface area contributed by atoms with Gasteiger partial charge in [0.1, 0.15) is 11.3 Å². The van der Waals surface area contributed by atoms with E-state index in [9.17, 15) is 26.7 Å². The predicted molar refractivity (Wildman–Crippen MR) is 94.5 cm³/mol. The first-order valence-electron chi connectivity index (χ1n) is 8.37. The molecule has 0 saturated carbocycles. The molecular weight excluding hydrogens is 397 g/mol. The van der Waals surface area contributed by atoms with Crippen LogP contribution in [-0.4, -0.2) is 44.8 Å². The molecule has 1 saturated heterocycles. The summed E-state index contributed by atoms with van der Waals surface area (Å²) in [5, 5.41) is 14.4. The average molecular weight is 412 g/mol. The average Bonchev–Trinajstić information content (AvgIpc) is 3.15. The van der Waals surface area contributed by atoms with Crippen molar-refractivity contribution in [3.8, 4) is 17.0 Å². The third kappa shape index (κ3) is 3.30. The summed E-state index contributed by atoms with van der Waals surface area (Å²) in [6, 6.07) is 1.28. The summed E-state index contributed by atoms with van der Waals surface area (Å²) >= 11 is 0. The molecule has 1 aliphatic rings. The van der Waals surface area contributed by atoms with Gasteiger partial charge in [0, 0.05) is 5.56 Å². The molecule has 1 fully saturated rings. The van der Waals surface area contributed by atoms with Crippen molar-refractivity contribution < 1.29 is 26.7 Å². The van der Waals surface area contributed by atoms with E-state index in [4.69, 9.17) is 0 Å². The van der Waals surface area contributed by atoms with Crippen LogP contribution in [0.25, 0.3) is 22.4 Å². The van der Waals surface area contributed by atoms with E-state index in [2.05, 4.69) is 15.1 Å². The van der Waals surface area contributed by atoms with Crippen LogP contribution in [0.15, 0.2) is 24.5 Å². The van der Waals surface area contributed by atoms with Crippen LogP contribution in [-0.2, 0) is 16.0 Å². The molecule has 1 aromatic carbocycles. The molecule has 148 valence electrons. The molecule has 1 aliphatic heterocycles. The normalized spacial score (nSPS) is 19.4. The van der Waals surface area contributed by atoms with Gasteiger partial charge < -0.3 is 5.11 Å². The Morgan fingerprint density at radius 1 is 1.29 bits per heavy atom. The number of hydrogen-bond donors (Lipinski definition) is 1. The van der Waals surface area contributed by atoms with E-state index in [1.54, 1.807) is 6.20 Å². The number of alkyl halides is 3. The van der Waals surface area contributed by atoms with Crippen molar-refractivity contribution in [2.45, 2.75) is 25.6 Å². The van der Waals surface area contributed by atoms with Crippen LogP contribution >= 0.6 is 0 Å². The van der Waals surface area contributed by atoms with Gasteiger partial charge in [-0.15, -0.1) is 0 Å². The zero-order valence-electron chi connectivity index (χ0n) is 14.6. The van der Waals surface area contributed by atoms with Gasteiger partial charge in [-0.2, -0.15) is 18.3 Å². The number of nitrogens with zero attached hydrogens (tertiary/aromatic N) is 4. The van der Waals surface area contributed by atoms with Crippen LogP contribution < -0.4 is 0 Å². The minimum absolute atomic E-state index is 0.00730. The Bertz CT molecular complexity index is 1170. The van der Waals surface area contributed by atoms with Gasteiger partial charge in [0.05, 0.1) is 41.2 Å². The Hall–Kier alpha value is -2.69. The topological polar surface area (TPSA) is 98.0 Å². The molecule has 28 heavy (non-hydrogen) atoms. The molecule has 0 bridgehead atoms. The van der Waals surface area contributed by atoms with Crippen LogP contribution in [0.1, 0.15) is 23.6 Å². The number of fused-ring (bicyclic) bond motifs is 1. The molecule has 1 N–H and O–H groups in total. The zero-order valence-corrected chi connectivity index (χ0v) is 15.4. The maximum Gasteiger partial charge on any atom is 0.416 e. The molecule has 11 heteroatoms. The highest BCUT2D eigenvalue weighted by atomic mass is 32.2. The zero-order chi connectivity index (χ0) is 20.3. The van der Waals surface area contributed by atoms with Crippen molar-refractivity contribution in [1.82, 2.24) is 19.7 Å². The summed E-state index contributed by atoms with van der Waals surface area (Å²) in [5.41, 5.74) is 0.216. The number of aromatic nitrogens is 4. The predicted octanol–water partition coefficient (Wildman–Crippen LogP) is 2.89. The summed E-state index contributed by atoms with van der Waals surface area (Å²) in [4.78, 5) is 8.51. The molecule has 2 aromatic heterocycles. The van der Waals surface area contributed by atoms with E-state index in [0.29, 0.717) is 18.0 Å². The van der Waals surface area contributed by atoms with Gasteiger partial charge in [-0.1, -0.05) is 0 Å². The first-order chi connectivity index (χ1) is 13.0. The summed E-state index contributed by atoms with van der Waals surface area (Å²) in [5.74, 6) is -0.465. The van der Waals surface area contributed by atoms with Gasteiger partial charge in [0.15, 0.2) is 15.5 Å². The first-order valence-corrected chi connectivity index (χ1v) is 10.2. The maximum atomic E-state index is 12.9.